The molecular weight excluding hydrogens is 466 g/mol. The topological polar surface area (TPSA) is 94.7 Å². The number of benzene rings is 2. The van der Waals surface area contributed by atoms with E-state index in [1.165, 1.54) is 0 Å². The monoisotopic (exact) mass is 499 g/mol. The molecule has 3 rings (SSSR count). The number of carboxylic acid groups (broad SMARTS) is 1. The third-order valence-electron chi connectivity index (χ3n) is 5.80. The van der Waals surface area contributed by atoms with Gasteiger partial charge in [0.2, 0.25) is 0 Å². The number of H-pyrrole nitrogens is 1. The summed E-state index contributed by atoms with van der Waals surface area (Å²) in [6, 6.07) is 14.7. The standard InChI is InChI=1S/C27H34ClN3O4/c1-18(21-9-5-7-11-23(21)28)31(26(34)35-27(2,3)4)14-13-29-20(16-25(32)33)15-19-17-30-24-12-8-6-10-22(19)24/h5-12,17-18,20,29-30H,13-16H2,1-4H3,(H,32,33)/t18?,20-/m0/s1. The number of aliphatic carboxylic acids is 1. The van der Waals surface area contributed by atoms with Gasteiger partial charge in [0.1, 0.15) is 5.60 Å². The third kappa shape index (κ3) is 7.47. The highest BCUT2D eigenvalue weighted by Crippen LogP contribution is 2.28. The van der Waals surface area contributed by atoms with Crippen LogP contribution in [0.4, 0.5) is 4.79 Å². The molecule has 0 bridgehead atoms. The average molecular weight is 500 g/mol. The second kappa shape index (κ2) is 11.6. The van der Waals surface area contributed by atoms with Gasteiger partial charge in [0, 0.05) is 41.3 Å². The Morgan fingerprint density at radius 1 is 1.14 bits per heavy atom. The Morgan fingerprint density at radius 2 is 1.83 bits per heavy atom. The van der Waals surface area contributed by atoms with Gasteiger partial charge in [-0.1, -0.05) is 48.0 Å². The summed E-state index contributed by atoms with van der Waals surface area (Å²) in [7, 11) is 0. The highest BCUT2D eigenvalue weighted by Gasteiger charge is 2.28. The number of hydrogen-bond donors (Lipinski definition) is 3. The van der Waals surface area contributed by atoms with E-state index in [4.69, 9.17) is 16.3 Å². The number of ether oxygens (including phenoxy) is 1. The van der Waals surface area contributed by atoms with Crippen molar-refractivity contribution in [3.63, 3.8) is 0 Å². The van der Waals surface area contributed by atoms with Crippen LogP contribution in [0.15, 0.2) is 54.7 Å². The molecule has 0 radical (unpaired) electrons. The smallest absolute Gasteiger partial charge is 0.410 e. The van der Waals surface area contributed by atoms with Crippen molar-refractivity contribution in [2.75, 3.05) is 13.1 Å². The fraction of sp³-hybridized carbons (Fsp3) is 0.407. The fourth-order valence-electron chi connectivity index (χ4n) is 4.13. The van der Waals surface area contributed by atoms with E-state index in [1.807, 2.05) is 76.4 Å². The molecule has 2 aromatic carbocycles. The molecule has 0 aliphatic heterocycles. The van der Waals surface area contributed by atoms with Crippen molar-refractivity contribution in [2.24, 2.45) is 0 Å². The molecule has 8 heteroatoms. The van der Waals surface area contributed by atoms with Crippen LogP contribution in [0, 0.1) is 0 Å². The maximum Gasteiger partial charge on any atom is 0.410 e. The lowest BCUT2D eigenvalue weighted by molar-refractivity contribution is -0.137. The number of aromatic nitrogens is 1. The number of fused-ring (bicyclic) bond motifs is 1. The number of nitrogens with one attached hydrogen (secondary N) is 2. The number of para-hydroxylation sites is 1. The van der Waals surface area contributed by atoms with E-state index in [1.54, 1.807) is 11.0 Å². The van der Waals surface area contributed by atoms with Gasteiger partial charge in [-0.15, -0.1) is 0 Å². The number of hydrogen-bond acceptors (Lipinski definition) is 4. The van der Waals surface area contributed by atoms with E-state index in [9.17, 15) is 14.7 Å². The first-order valence-corrected chi connectivity index (χ1v) is 12.2. The van der Waals surface area contributed by atoms with Crippen LogP contribution in [0.5, 0.6) is 0 Å². The Bertz CT molecular complexity index is 1150. The average Bonchev–Trinajstić information content (AvgIpc) is 3.17. The third-order valence-corrected chi connectivity index (χ3v) is 6.14. The first kappa shape index (κ1) is 26.6. The van der Waals surface area contributed by atoms with Crippen molar-refractivity contribution < 1.29 is 19.4 Å². The van der Waals surface area contributed by atoms with Gasteiger partial charge in [-0.25, -0.2) is 4.79 Å². The summed E-state index contributed by atoms with van der Waals surface area (Å²) >= 11 is 6.41. The lowest BCUT2D eigenvalue weighted by atomic mass is 10.0. The number of carboxylic acids is 1. The van der Waals surface area contributed by atoms with Gasteiger partial charge in [0.15, 0.2) is 0 Å². The normalized spacial score (nSPS) is 13.4. The largest absolute Gasteiger partial charge is 0.481 e. The molecule has 3 N–H and O–H groups in total. The number of halogens is 1. The van der Waals surface area contributed by atoms with Gasteiger partial charge < -0.3 is 25.0 Å². The van der Waals surface area contributed by atoms with Crippen molar-refractivity contribution in [2.45, 2.75) is 58.2 Å². The van der Waals surface area contributed by atoms with Crippen LogP contribution in [-0.2, 0) is 16.0 Å². The Kier molecular flexibility index (Phi) is 8.81. The maximum absolute atomic E-state index is 13.1. The second-order valence-electron chi connectivity index (χ2n) is 9.68. The van der Waals surface area contributed by atoms with Gasteiger partial charge in [-0.3, -0.25) is 4.79 Å². The van der Waals surface area contributed by atoms with Crippen LogP contribution in [0.2, 0.25) is 5.02 Å². The minimum absolute atomic E-state index is 0.0357. The number of amides is 1. The molecule has 35 heavy (non-hydrogen) atoms. The molecule has 0 fully saturated rings. The molecule has 3 aromatic rings. The molecule has 7 nitrogen and oxygen atoms in total. The molecule has 1 aromatic heterocycles. The van der Waals surface area contributed by atoms with Crippen molar-refractivity contribution in [1.29, 1.82) is 0 Å². The molecular formula is C27H34ClN3O4. The lowest BCUT2D eigenvalue weighted by Gasteiger charge is -2.33. The minimum Gasteiger partial charge on any atom is -0.481 e. The van der Waals surface area contributed by atoms with Gasteiger partial charge in [-0.05, 0) is 57.4 Å². The van der Waals surface area contributed by atoms with Gasteiger partial charge in [-0.2, -0.15) is 0 Å². The first-order chi connectivity index (χ1) is 16.5. The molecule has 1 heterocycles. The fourth-order valence-corrected chi connectivity index (χ4v) is 4.42. The predicted molar refractivity (Wildman–Crippen MR) is 139 cm³/mol. The Morgan fingerprint density at radius 3 is 2.51 bits per heavy atom. The molecule has 0 spiro atoms. The van der Waals surface area contributed by atoms with E-state index in [0.29, 0.717) is 24.5 Å². The van der Waals surface area contributed by atoms with Crippen molar-refractivity contribution >= 4 is 34.6 Å². The molecule has 1 unspecified atom stereocenters. The molecule has 0 saturated carbocycles. The second-order valence-corrected chi connectivity index (χ2v) is 10.1. The maximum atomic E-state index is 13.1. The van der Waals surface area contributed by atoms with Gasteiger partial charge >= 0.3 is 12.1 Å². The van der Waals surface area contributed by atoms with Crippen molar-refractivity contribution in [1.82, 2.24) is 15.2 Å². The predicted octanol–water partition coefficient (Wildman–Crippen LogP) is 5.80. The van der Waals surface area contributed by atoms with Gasteiger partial charge in [0.25, 0.3) is 0 Å². The van der Waals surface area contributed by atoms with Crippen molar-refractivity contribution in [3.8, 4) is 0 Å². The Hall–Kier alpha value is -3.03. The zero-order chi connectivity index (χ0) is 25.6. The quantitative estimate of drug-likeness (QED) is 0.328. The number of nitrogens with zero attached hydrogens (tertiary/aromatic N) is 1. The van der Waals surface area contributed by atoms with Crippen LogP contribution in [0.1, 0.15) is 51.3 Å². The number of carbonyl (C=O) groups is 2. The molecule has 188 valence electrons. The van der Waals surface area contributed by atoms with Crippen LogP contribution >= 0.6 is 11.6 Å². The summed E-state index contributed by atoms with van der Waals surface area (Å²) in [5.74, 6) is -0.879. The number of carbonyl (C=O) groups excluding carboxylic acids is 1. The lowest BCUT2D eigenvalue weighted by Crippen LogP contribution is -2.44. The van der Waals surface area contributed by atoms with Crippen molar-refractivity contribution in [3.05, 3.63) is 70.9 Å². The summed E-state index contributed by atoms with van der Waals surface area (Å²) in [5, 5.41) is 14.5. The van der Waals surface area contributed by atoms with Crippen LogP contribution in [0.3, 0.4) is 0 Å². The van der Waals surface area contributed by atoms with E-state index >= 15 is 0 Å². The number of aromatic amines is 1. The summed E-state index contributed by atoms with van der Waals surface area (Å²) in [6.07, 6.45) is 1.99. The molecule has 1 amide bonds. The van der Waals surface area contributed by atoms with E-state index < -0.39 is 17.7 Å². The van der Waals surface area contributed by atoms with Gasteiger partial charge in [0.05, 0.1) is 12.5 Å². The molecule has 0 saturated heterocycles. The van der Waals surface area contributed by atoms with E-state index in [0.717, 1.165) is 22.0 Å². The van der Waals surface area contributed by atoms with Crippen LogP contribution in [-0.4, -0.2) is 51.8 Å². The minimum atomic E-state index is -0.879. The highest BCUT2D eigenvalue weighted by molar-refractivity contribution is 6.31. The number of rotatable bonds is 10. The summed E-state index contributed by atoms with van der Waals surface area (Å²) in [6.45, 7) is 8.11. The van der Waals surface area contributed by atoms with Crippen LogP contribution < -0.4 is 5.32 Å². The van der Waals surface area contributed by atoms with E-state index in [-0.39, 0.29) is 18.5 Å². The zero-order valence-electron chi connectivity index (χ0n) is 20.7. The summed E-state index contributed by atoms with van der Waals surface area (Å²) in [5.41, 5.74) is 2.24. The zero-order valence-corrected chi connectivity index (χ0v) is 21.4. The summed E-state index contributed by atoms with van der Waals surface area (Å²) in [4.78, 5) is 29.5. The molecule has 0 aliphatic carbocycles. The Labute approximate surface area is 211 Å². The summed E-state index contributed by atoms with van der Waals surface area (Å²) < 4.78 is 5.66. The molecule has 2 atom stereocenters. The SMILES string of the molecule is CC(c1ccccc1Cl)N(CCN[C@H](CC(=O)O)Cc1c[nH]c2ccccc12)C(=O)OC(C)(C)C. The molecule has 0 aliphatic rings. The highest BCUT2D eigenvalue weighted by atomic mass is 35.5. The van der Waals surface area contributed by atoms with Crippen LogP contribution in [0.25, 0.3) is 10.9 Å². The van der Waals surface area contributed by atoms with E-state index in [2.05, 4.69) is 10.3 Å². The first-order valence-electron chi connectivity index (χ1n) is 11.8. The Balaban J connectivity index is 1.74.